The first-order chi connectivity index (χ1) is 9.81. The normalized spacial score (nSPS) is 23.0. The lowest BCUT2D eigenvalue weighted by Crippen LogP contribution is -2.25. The summed E-state index contributed by atoms with van der Waals surface area (Å²) in [5, 5.41) is 0.226. The van der Waals surface area contributed by atoms with E-state index < -0.39 is 9.05 Å². The maximum atomic E-state index is 11.4. The number of rotatable bonds is 4. The zero-order chi connectivity index (χ0) is 15.6. The molecule has 2 unspecified atom stereocenters. The van der Waals surface area contributed by atoms with Crippen LogP contribution >= 0.6 is 33.9 Å². The minimum Gasteiger partial charge on any atom is -0.489 e. The van der Waals surface area contributed by atoms with E-state index in [2.05, 4.69) is 6.92 Å². The van der Waals surface area contributed by atoms with Gasteiger partial charge in [-0.3, -0.25) is 0 Å². The van der Waals surface area contributed by atoms with E-state index >= 15 is 0 Å². The van der Waals surface area contributed by atoms with E-state index in [1.807, 2.05) is 0 Å². The maximum Gasteiger partial charge on any atom is 0.262 e. The Labute approximate surface area is 139 Å². The van der Waals surface area contributed by atoms with Gasteiger partial charge >= 0.3 is 0 Å². The summed E-state index contributed by atoms with van der Waals surface area (Å²) in [6.07, 6.45) is 5.55. The minimum atomic E-state index is -3.92. The van der Waals surface area contributed by atoms with Gasteiger partial charge in [0.25, 0.3) is 9.05 Å². The Morgan fingerprint density at radius 3 is 2.57 bits per heavy atom. The lowest BCUT2D eigenvalue weighted by molar-refractivity contribution is 0.122. The van der Waals surface area contributed by atoms with Crippen molar-refractivity contribution in [1.29, 1.82) is 0 Å². The molecule has 0 amide bonds. The second-order valence-electron chi connectivity index (χ2n) is 5.33. The van der Waals surface area contributed by atoms with Crippen LogP contribution in [0.4, 0.5) is 0 Å². The van der Waals surface area contributed by atoms with Crippen LogP contribution in [0.25, 0.3) is 0 Å². The predicted octanol–water partition coefficient (Wildman–Crippen LogP) is 5.27. The monoisotopic (exact) mass is 370 g/mol. The Morgan fingerprint density at radius 2 is 1.95 bits per heavy atom. The molecular weight excluding hydrogens is 355 g/mol. The summed E-state index contributed by atoms with van der Waals surface area (Å²) >= 11 is 12.0. The van der Waals surface area contributed by atoms with Gasteiger partial charge in [-0.25, -0.2) is 8.42 Å². The zero-order valence-electron chi connectivity index (χ0n) is 11.6. The summed E-state index contributed by atoms with van der Waals surface area (Å²) in [6.45, 7) is 2.18. The molecule has 0 radical (unpaired) electrons. The Balaban J connectivity index is 2.20. The second-order valence-corrected chi connectivity index (χ2v) is 8.68. The van der Waals surface area contributed by atoms with E-state index in [1.165, 1.54) is 18.6 Å². The van der Waals surface area contributed by atoms with Gasteiger partial charge in [0.05, 0.1) is 16.1 Å². The van der Waals surface area contributed by atoms with Crippen molar-refractivity contribution >= 4 is 42.9 Å². The fraction of sp³-hybridized carbons (Fsp3) is 0.571. The Kier molecular flexibility index (Phi) is 5.69. The van der Waals surface area contributed by atoms with Crippen molar-refractivity contribution < 1.29 is 13.2 Å². The van der Waals surface area contributed by atoms with Gasteiger partial charge in [0, 0.05) is 16.7 Å². The summed E-state index contributed by atoms with van der Waals surface area (Å²) in [5.41, 5.74) is 0. The summed E-state index contributed by atoms with van der Waals surface area (Å²) in [6, 6.07) is 2.66. The van der Waals surface area contributed by atoms with Crippen molar-refractivity contribution in [3.8, 4) is 5.75 Å². The molecule has 0 N–H and O–H groups in total. The highest BCUT2D eigenvalue weighted by Gasteiger charge is 2.24. The van der Waals surface area contributed by atoms with Gasteiger partial charge in [-0.05, 0) is 31.2 Å². The van der Waals surface area contributed by atoms with Crippen LogP contribution in [0.1, 0.15) is 39.0 Å². The van der Waals surface area contributed by atoms with Crippen LogP contribution in [0.15, 0.2) is 17.0 Å². The van der Waals surface area contributed by atoms with E-state index in [1.54, 1.807) is 0 Å². The zero-order valence-corrected chi connectivity index (χ0v) is 14.7. The molecule has 1 aromatic rings. The fourth-order valence-electron chi connectivity index (χ4n) is 2.69. The molecule has 0 bridgehead atoms. The molecule has 1 saturated carbocycles. The highest BCUT2D eigenvalue weighted by Crippen LogP contribution is 2.37. The quantitative estimate of drug-likeness (QED) is 0.677. The smallest absolute Gasteiger partial charge is 0.262 e. The van der Waals surface area contributed by atoms with Crippen molar-refractivity contribution in [2.24, 2.45) is 5.92 Å². The van der Waals surface area contributed by atoms with Crippen LogP contribution in [-0.2, 0) is 9.05 Å². The highest BCUT2D eigenvalue weighted by molar-refractivity contribution is 8.13. The summed E-state index contributed by atoms with van der Waals surface area (Å²) in [7, 11) is 1.39. The summed E-state index contributed by atoms with van der Waals surface area (Å²) in [5.74, 6) is 1.08. The van der Waals surface area contributed by atoms with Gasteiger partial charge in [-0.15, -0.1) is 0 Å². The van der Waals surface area contributed by atoms with Crippen molar-refractivity contribution in [3.05, 3.63) is 22.2 Å². The molecule has 1 aliphatic rings. The summed E-state index contributed by atoms with van der Waals surface area (Å²) < 4.78 is 28.7. The molecule has 0 aromatic heterocycles. The molecule has 21 heavy (non-hydrogen) atoms. The van der Waals surface area contributed by atoms with Crippen LogP contribution in [0.5, 0.6) is 5.75 Å². The van der Waals surface area contributed by atoms with Crippen LogP contribution in [0.2, 0.25) is 10.0 Å². The van der Waals surface area contributed by atoms with E-state index in [0.29, 0.717) is 11.7 Å². The molecule has 0 saturated heterocycles. The van der Waals surface area contributed by atoms with Gasteiger partial charge < -0.3 is 4.74 Å². The van der Waals surface area contributed by atoms with Crippen molar-refractivity contribution in [2.45, 2.75) is 50.0 Å². The Bertz CT molecular complexity index is 616. The van der Waals surface area contributed by atoms with E-state index in [-0.39, 0.29) is 21.0 Å². The number of ether oxygens (including phenoxy) is 1. The van der Waals surface area contributed by atoms with Crippen molar-refractivity contribution in [2.75, 3.05) is 0 Å². The van der Waals surface area contributed by atoms with E-state index in [4.69, 9.17) is 38.6 Å². The van der Waals surface area contributed by atoms with E-state index in [9.17, 15) is 8.42 Å². The lowest BCUT2D eigenvalue weighted by atomic mass is 9.85. The summed E-state index contributed by atoms with van der Waals surface area (Å²) in [4.78, 5) is -0.196. The standard InChI is InChI=1S/C14H17Cl3O3S/c1-2-9-4-3-5-10(6-9)20-13-7-12(16)14(8-11(13)15)21(17,18)19/h7-10H,2-6H2,1H3. The molecular formula is C14H17Cl3O3S. The van der Waals surface area contributed by atoms with Gasteiger partial charge in [-0.2, -0.15) is 0 Å². The third-order valence-electron chi connectivity index (χ3n) is 3.85. The molecule has 1 fully saturated rings. The van der Waals surface area contributed by atoms with Gasteiger partial charge in [0.2, 0.25) is 0 Å². The number of halogens is 3. The molecule has 3 nitrogen and oxygen atoms in total. The molecule has 1 aromatic carbocycles. The van der Waals surface area contributed by atoms with Gasteiger partial charge in [0.15, 0.2) is 0 Å². The van der Waals surface area contributed by atoms with Crippen LogP contribution in [-0.4, -0.2) is 14.5 Å². The number of hydrogen-bond donors (Lipinski definition) is 0. The third-order valence-corrected chi connectivity index (χ3v) is 5.94. The minimum absolute atomic E-state index is 0.0206. The number of hydrogen-bond acceptors (Lipinski definition) is 3. The number of benzene rings is 1. The predicted molar refractivity (Wildman–Crippen MR) is 86.2 cm³/mol. The van der Waals surface area contributed by atoms with E-state index in [0.717, 1.165) is 25.7 Å². The van der Waals surface area contributed by atoms with Gasteiger partial charge in [-0.1, -0.05) is 43.0 Å². The first-order valence-corrected chi connectivity index (χ1v) is 9.98. The Morgan fingerprint density at radius 1 is 1.24 bits per heavy atom. The maximum absolute atomic E-state index is 11.4. The molecule has 0 aliphatic heterocycles. The van der Waals surface area contributed by atoms with Crippen molar-refractivity contribution in [3.63, 3.8) is 0 Å². The average molecular weight is 372 g/mol. The molecule has 2 atom stereocenters. The molecule has 7 heteroatoms. The second kappa shape index (κ2) is 6.95. The first-order valence-electron chi connectivity index (χ1n) is 6.91. The lowest BCUT2D eigenvalue weighted by Gasteiger charge is -2.29. The molecule has 1 aliphatic carbocycles. The van der Waals surface area contributed by atoms with Crippen LogP contribution in [0.3, 0.4) is 0 Å². The average Bonchev–Trinajstić information content (AvgIpc) is 2.41. The van der Waals surface area contributed by atoms with Crippen LogP contribution < -0.4 is 4.74 Å². The topological polar surface area (TPSA) is 43.4 Å². The third kappa shape index (κ3) is 4.41. The molecule has 0 spiro atoms. The molecule has 2 rings (SSSR count). The van der Waals surface area contributed by atoms with Crippen molar-refractivity contribution in [1.82, 2.24) is 0 Å². The van der Waals surface area contributed by atoms with Crippen LogP contribution in [0, 0.1) is 5.92 Å². The SMILES string of the molecule is CCC1CCCC(Oc2cc(Cl)c(S(=O)(=O)Cl)cc2Cl)C1. The highest BCUT2D eigenvalue weighted by atomic mass is 35.7. The van der Waals surface area contributed by atoms with Gasteiger partial charge in [0.1, 0.15) is 10.6 Å². The molecule has 0 heterocycles. The Hall–Kier alpha value is -0.160. The fourth-order valence-corrected chi connectivity index (χ4v) is 4.47. The molecule has 118 valence electrons. The largest absolute Gasteiger partial charge is 0.489 e. The first kappa shape index (κ1) is 17.2.